The molecule has 0 saturated heterocycles. The Kier molecular flexibility index (Phi) is 6.15. The Balaban J connectivity index is 1.27. The number of benzene rings is 2. The van der Waals surface area contributed by atoms with Gasteiger partial charge in [-0.1, -0.05) is 24.3 Å². The van der Waals surface area contributed by atoms with Gasteiger partial charge in [-0.05, 0) is 59.9 Å². The molecule has 168 valence electrons. The highest BCUT2D eigenvalue weighted by Gasteiger charge is 2.14. The molecule has 0 aliphatic rings. The van der Waals surface area contributed by atoms with Crippen molar-refractivity contribution in [3.8, 4) is 0 Å². The summed E-state index contributed by atoms with van der Waals surface area (Å²) in [6.07, 6.45) is 2.41. The molecule has 0 aliphatic carbocycles. The van der Waals surface area contributed by atoms with Gasteiger partial charge < -0.3 is 9.73 Å². The molecule has 0 atom stereocenters. The molecule has 0 fully saturated rings. The summed E-state index contributed by atoms with van der Waals surface area (Å²) in [6.45, 7) is 0.647. The van der Waals surface area contributed by atoms with E-state index in [9.17, 15) is 0 Å². The third kappa shape index (κ3) is 4.92. The van der Waals surface area contributed by atoms with Crippen LogP contribution in [0.2, 0.25) is 0 Å². The largest absolute Gasteiger partial charge is 0.469 e. The van der Waals surface area contributed by atoms with Gasteiger partial charge in [0.1, 0.15) is 5.76 Å². The fourth-order valence-corrected chi connectivity index (χ4v) is 7.11. The van der Waals surface area contributed by atoms with E-state index in [1.165, 1.54) is 23.5 Å². The number of furan rings is 1. The van der Waals surface area contributed by atoms with Gasteiger partial charge in [0.25, 0.3) is 0 Å². The number of thiazole rings is 2. The van der Waals surface area contributed by atoms with Crippen molar-refractivity contribution in [3.05, 3.63) is 72.7 Å². The van der Waals surface area contributed by atoms with E-state index in [0.29, 0.717) is 22.8 Å². The standard InChI is InChI=1S/C23H16N6OS4/c1-3-9-17-15(7-1)25-22(31-17)33-20-27-19(24-12-11-14-6-5-13-30-14)28-21(29-20)34-23-26-16-8-2-4-10-18(16)32-23/h1-10,13H,11-12H2,(H,24,27,28,29). The highest BCUT2D eigenvalue weighted by atomic mass is 32.2. The van der Waals surface area contributed by atoms with Gasteiger partial charge in [-0.25, -0.2) is 9.97 Å². The van der Waals surface area contributed by atoms with E-state index in [1.807, 2.05) is 48.5 Å². The zero-order valence-electron chi connectivity index (χ0n) is 17.5. The zero-order valence-corrected chi connectivity index (χ0v) is 20.8. The smallest absolute Gasteiger partial charge is 0.227 e. The molecule has 0 unspecified atom stereocenters. The molecule has 11 heteroatoms. The predicted molar refractivity (Wildman–Crippen MR) is 138 cm³/mol. The van der Waals surface area contributed by atoms with Gasteiger partial charge >= 0.3 is 0 Å². The lowest BCUT2D eigenvalue weighted by molar-refractivity contribution is 0.512. The van der Waals surface area contributed by atoms with Crippen LogP contribution in [0.5, 0.6) is 0 Å². The van der Waals surface area contributed by atoms with Crippen LogP contribution in [0, 0.1) is 0 Å². The van der Waals surface area contributed by atoms with Crippen LogP contribution in [0.3, 0.4) is 0 Å². The Morgan fingerprint density at radius 3 is 1.88 bits per heavy atom. The Morgan fingerprint density at radius 2 is 1.32 bits per heavy atom. The van der Waals surface area contributed by atoms with Crippen molar-refractivity contribution < 1.29 is 4.42 Å². The normalized spacial score (nSPS) is 11.4. The molecule has 4 heterocycles. The molecule has 2 aromatic carbocycles. The summed E-state index contributed by atoms with van der Waals surface area (Å²) in [4.78, 5) is 23.4. The topological polar surface area (TPSA) is 89.6 Å². The average molecular weight is 521 g/mol. The van der Waals surface area contributed by atoms with Crippen molar-refractivity contribution in [1.82, 2.24) is 24.9 Å². The average Bonchev–Trinajstić information content (AvgIpc) is 3.58. The van der Waals surface area contributed by atoms with Crippen LogP contribution in [0.15, 0.2) is 90.3 Å². The number of para-hydroxylation sites is 2. The lowest BCUT2D eigenvalue weighted by atomic mass is 10.3. The maximum atomic E-state index is 5.42. The molecule has 4 aromatic heterocycles. The number of anilines is 1. The fraction of sp³-hybridized carbons (Fsp3) is 0.0870. The molecule has 0 amide bonds. The van der Waals surface area contributed by atoms with Crippen LogP contribution in [0.25, 0.3) is 20.4 Å². The number of hydrogen-bond acceptors (Lipinski definition) is 11. The van der Waals surface area contributed by atoms with Crippen LogP contribution in [0.4, 0.5) is 5.95 Å². The van der Waals surface area contributed by atoms with Gasteiger partial charge in [0.05, 0.1) is 26.7 Å². The Morgan fingerprint density at radius 1 is 0.706 bits per heavy atom. The number of aromatic nitrogens is 5. The highest BCUT2D eigenvalue weighted by Crippen LogP contribution is 2.36. The van der Waals surface area contributed by atoms with Gasteiger partial charge in [-0.2, -0.15) is 15.0 Å². The van der Waals surface area contributed by atoms with E-state index in [2.05, 4.69) is 27.4 Å². The maximum Gasteiger partial charge on any atom is 0.227 e. The SMILES string of the molecule is c1coc(CCNc2nc(Sc3nc4ccccc4s3)nc(Sc3nc4ccccc4s3)n2)c1. The van der Waals surface area contributed by atoms with Gasteiger partial charge in [0.2, 0.25) is 16.3 Å². The maximum absolute atomic E-state index is 5.42. The molecule has 34 heavy (non-hydrogen) atoms. The lowest BCUT2D eigenvalue weighted by Crippen LogP contribution is -2.09. The quantitative estimate of drug-likeness (QED) is 0.237. The van der Waals surface area contributed by atoms with Crippen LogP contribution < -0.4 is 5.32 Å². The molecule has 0 radical (unpaired) electrons. The lowest BCUT2D eigenvalue weighted by Gasteiger charge is -2.07. The van der Waals surface area contributed by atoms with Gasteiger partial charge in [-0.15, -0.1) is 22.7 Å². The van der Waals surface area contributed by atoms with Crippen LogP contribution in [0.1, 0.15) is 5.76 Å². The Bertz CT molecular complexity index is 1400. The summed E-state index contributed by atoms with van der Waals surface area (Å²) < 4.78 is 9.48. The van der Waals surface area contributed by atoms with Crippen molar-refractivity contribution in [2.24, 2.45) is 0 Å². The van der Waals surface area contributed by atoms with Crippen LogP contribution >= 0.6 is 46.2 Å². The summed E-state index contributed by atoms with van der Waals surface area (Å²) in [5.74, 6) is 1.43. The van der Waals surface area contributed by atoms with Crippen molar-refractivity contribution in [1.29, 1.82) is 0 Å². The zero-order chi connectivity index (χ0) is 22.7. The molecule has 6 aromatic rings. The van der Waals surface area contributed by atoms with E-state index < -0.39 is 0 Å². The minimum absolute atomic E-state index is 0.522. The first-order chi connectivity index (χ1) is 16.8. The Hall–Kier alpha value is -2.99. The molecule has 1 N–H and O–H groups in total. The van der Waals surface area contributed by atoms with Crippen LogP contribution in [-0.4, -0.2) is 31.5 Å². The van der Waals surface area contributed by atoms with E-state index in [1.54, 1.807) is 28.9 Å². The number of nitrogens with zero attached hydrogens (tertiary/aromatic N) is 5. The first kappa shape index (κ1) is 21.5. The van der Waals surface area contributed by atoms with E-state index >= 15 is 0 Å². The fourth-order valence-electron chi connectivity index (χ4n) is 3.21. The summed E-state index contributed by atoms with van der Waals surface area (Å²) in [5.41, 5.74) is 1.95. The third-order valence-electron chi connectivity index (χ3n) is 4.73. The number of nitrogens with one attached hydrogen (secondary N) is 1. The number of rotatable bonds is 8. The van der Waals surface area contributed by atoms with Gasteiger partial charge in [0, 0.05) is 13.0 Å². The minimum Gasteiger partial charge on any atom is -0.469 e. The van der Waals surface area contributed by atoms with Crippen molar-refractivity contribution in [3.63, 3.8) is 0 Å². The van der Waals surface area contributed by atoms with Crippen molar-refractivity contribution in [2.75, 3.05) is 11.9 Å². The van der Waals surface area contributed by atoms with Crippen molar-refractivity contribution >= 4 is 72.6 Å². The summed E-state index contributed by atoms with van der Waals surface area (Å²) in [6, 6.07) is 20.0. The summed E-state index contributed by atoms with van der Waals surface area (Å²) in [7, 11) is 0. The molecule has 0 aliphatic heterocycles. The first-order valence-corrected chi connectivity index (χ1v) is 13.6. The summed E-state index contributed by atoms with van der Waals surface area (Å²) >= 11 is 6.15. The monoisotopic (exact) mass is 520 g/mol. The van der Waals surface area contributed by atoms with E-state index in [-0.39, 0.29) is 0 Å². The van der Waals surface area contributed by atoms with E-state index in [4.69, 9.17) is 19.4 Å². The molecule has 0 spiro atoms. The molecule has 7 nitrogen and oxygen atoms in total. The number of hydrogen-bond donors (Lipinski definition) is 1. The second-order valence-corrected chi connectivity index (χ2v) is 11.6. The van der Waals surface area contributed by atoms with Crippen molar-refractivity contribution in [2.45, 2.75) is 25.4 Å². The third-order valence-corrected chi connectivity index (χ3v) is 8.66. The molecular formula is C23H16N6OS4. The van der Waals surface area contributed by atoms with E-state index in [0.717, 1.165) is 41.3 Å². The minimum atomic E-state index is 0.522. The molecule has 0 saturated carbocycles. The van der Waals surface area contributed by atoms with Gasteiger partial charge in [0.15, 0.2) is 8.68 Å². The predicted octanol–water partition coefficient (Wildman–Crippen LogP) is 6.64. The summed E-state index contributed by atoms with van der Waals surface area (Å²) in [5, 5.41) is 4.50. The molecule has 0 bridgehead atoms. The highest BCUT2D eigenvalue weighted by molar-refractivity contribution is 8.01. The molecule has 6 rings (SSSR count). The Labute approximate surface area is 211 Å². The second kappa shape index (κ2) is 9.71. The van der Waals surface area contributed by atoms with Gasteiger partial charge in [-0.3, -0.25) is 0 Å². The number of fused-ring (bicyclic) bond motifs is 2. The van der Waals surface area contributed by atoms with Crippen LogP contribution in [-0.2, 0) is 6.42 Å². The molecular weight excluding hydrogens is 505 g/mol. The second-order valence-electron chi connectivity index (χ2n) is 7.08. The first-order valence-electron chi connectivity index (χ1n) is 10.4.